The van der Waals surface area contributed by atoms with Gasteiger partial charge in [0.2, 0.25) is 5.16 Å². The Hall–Kier alpha value is -1.93. The van der Waals surface area contributed by atoms with Gasteiger partial charge in [0.1, 0.15) is 0 Å². The van der Waals surface area contributed by atoms with Gasteiger partial charge in [0.25, 0.3) is 5.91 Å². The van der Waals surface area contributed by atoms with Crippen LogP contribution in [0.15, 0.2) is 35.5 Å². The van der Waals surface area contributed by atoms with Crippen molar-refractivity contribution in [1.29, 1.82) is 0 Å². The molecule has 1 aromatic carbocycles. The highest BCUT2D eigenvalue weighted by Crippen LogP contribution is 2.11. The maximum absolute atomic E-state index is 11.5. The standard InChI is InChI=1S/C11H13N5O2S/c1-16-11(12-14-15-16)19-8-10(17)13-18-7-9-5-3-2-4-6-9/h2-6H,7-8H2,1H3,(H,13,17). The van der Waals surface area contributed by atoms with Crippen LogP contribution in [0.25, 0.3) is 0 Å². The van der Waals surface area contributed by atoms with E-state index in [0.29, 0.717) is 11.8 Å². The number of hydrogen-bond donors (Lipinski definition) is 1. The van der Waals surface area contributed by atoms with Crippen molar-refractivity contribution in [3.05, 3.63) is 35.9 Å². The number of benzene rings is 1. The number of hydroxylamine groups is 1. The molecule has 7 nitrogen and oxygen atoms in total. The molecule has 0 radical (unpaired) electrons. The lowest BCUT2D eigenvalue weighted by atomic mass is 10.2. The average Bonchev–Trinajstić information content (AvgIpc) is 2.83. The molecule has 0 aliphatic carbocycles. The van der Waals surface area contributed by atoms with E-state index < -0.39 is 0 Å². The van der Waals surface area contributed by atoms with Crippen molar-refractivity contribution in [3.63, 3.8) is 0 Å². The molecule has 0 saturated heterocycles. The Kier molecular flexibility index (Phi) is 4.87. The smallest absolute Gasteiger partial charge is 0.254 e. The second kappa shape index (κ2) is 6.86. The van der Waals surface area contributed by atoms with Gasteiger partial charge in [0, 0.05) is 7.05 Å². The molecule has 2 rings (SSSR count). The van der Waals surface area contributed by atoms with Gasteiger partial charge >= 0.3 is 0 Å². The number of aromatic nitrogens is 4. The number of hydrogen-bond acceptors (Lipinski definition) is 6. The zero-order valence-corrected chi connectivity index (χ0v) is 11.1. The van der Waals surface area contributed by atoms with Crippen LogP contribution in [-0.2, 0) is 23.3 Å². The molecule has 100 valence electrons. The molecular weight excluding hydrogens is 266 g/mol. The molecule has 0 atom stereocenters. The van der Waals surface area contributed by atoms with Crippen molar-refractivity contribution in [3.8, 4) is 0 Å². The number of nitrogens with zero attached hydrogens (tertiary/aromatic N) is 4. The minimum absolute atomic E-state index is 0.197. The molecule has 0 aliphatic rings. The summed E-state index contributed by atoms with van der Waals surface area (Å²) < 4.78 is 1.50. The summed E-state index contributed by atoms with van der Waals surface area (Å²) in [5.74, 6) is -0.0350. The monoisotopic (exact) mass is 279 g/mol. The predicted molar refractivity (Wildman–Crippen MR) is 68.9 cm³/mol. The van der Waals surface area contributed by atoms with Gasteiger partial charge in [-0.25, -0.2) is 10.2 Å². The Labute approximate surface area is 114 Å². The number of aryl methyl sites for hydroxylation is 1. The summed E-state index contributed by atoms with van der Waals surface area (Å²) >= 11 is 1.24. The van der Waals surface area contributed by atoms with Gasteiger partial charge in [0.15, 0.2) is 0 Å². The first-order chi connectivity index (χ1) is 9.25. The Morgan fingerprint density at radius 1 is 1.42 bits per heavy atom. The van der Waals surface area contributed by atoms with Gasteiger partial charge < -0.3 is 0 Å². The number of rotatable bonds is 6. The van der Waals surface area contributed by atoms with Crippen molar-refractivity contribution in [2.45, 2.75) is 11.8 Å². The zero-order chi connectivity index (χ0) is 13.5. The van der Waals surface area contributed by atoms with Crippen LogP contribution in [0.2, 0.25) is 0 Å². The number of carbonyl (C=O) groups excluding carboxylic acids is 1. The molecule has 2 aromatic rings. The predicted octanol–water partition coefficient (Wildman–Crippen LogP) is 0.550. The summed E-state index contributed by atoms with van der Waals surface area (Å²) in [7, 11) is 1.71. The molecule has 0 bridgehead atoms. The van der Waals surface area contributed by atoms with E-state index in [-0.39, 0.29) is 11.7 Å². The molecule has 1 aromatic heterocycles. The van der Waals surface area contributed by atoms with Crippen molar-refractivity contribution in [2.24, 2.45) is 7.05 Å². The normalized spacial score (nSPS) is 10.4. The van der Waals surface area contributed by atoms with Crippen molar-refractivity contribution < 1.29 is 9.63 Å². The highest BCUT2D eigenvalue weighted by Gasteiger charge is 2.07. The van der Waals surface area contributed by atoms with E-state index in [1.807, 2.05) is 30.3 Å². The van der Waals surface area contributed by atoms with Crippen molar-refractivity contribution >= 4 is 17.7 Å². The second-order valence-corrected chi connectivity index (χ2v) is 4.62. The summed E-state index contributed by atoms with van der Waals surface area (Å²) in [5, 5.41) is 11.5. The zero-order valence-electron chi connectivity index (χ0n) is 10.3. The van der Waals surface area contributed by atoms with Gasteiger partial charge in [-0.15, -0.1) is 5.10 Å². The topological polar surface area (TPSA) is 81.9 Å². The second-order valence-electron chi connectivity index (χ2n) is 3.67. The van der Waals surface area contributed by atoms with E-state index in [1.54, 1.807) is 7.05 Å². The van der Waals surface area contributed by atoms with E-state index in [0.717, 1.165) is 5.56 Å². The molecule has 1 amide bonds. The van der Waals surface area contributed by atoms with Gasteiger partial charge in [-0.3, -0.25) is 9.63 Å². The average molecular weight is 279 g/mol. The first kappa shape index (κ1) is 13.5. The maximum atomic E-state index is 11.5. The van der Waals surface area contributed by atoms with Crippen LogP contribution in [0.4, 0.5) is 0 Å². The highest BCUT2D eigenvalue weighted by molar-refractivity contribution is 7.99. The maximum Gasteiger partial charge on any atom is 0.254 e. The fourth-order valence-corrected chi connectivity index (χ4v) is 1.91. The van der Waals surface area contributed by atoms with Gasteiger partial charge in [-0.2, -0.15) is 0 Å². The van der Waals surface area contributed by atoms with E-state index in [4.69, 9.17) is 4.84 Å². The lowest BCUT2D eigenvalue weighted by Gasteiger charge is -2.05. The number of nitrogens with one attached hydrogen (secondary N) is 1. The van der Waals surface area contributed by atoms with E-state index in [9.17, 15) is 4.79 Å². The molecule has 1 N–H and O–H groups in total. The van der Waals surface area contributed by atoms with Crippen LogP contribution < -0.4 is 5.48 Å². The highest BCUT2D eigenvalue weighted by atomic mass is 32.2. The fourth-order valence-electron chi connectivity index (χ4n) is 1.28. The van der Waals surface area contributed by atoms with Gasteiger partial charge in [-0.1, -0.05) is 42.1 Å². The van der Waals surface area contributed by atoms with Crippen LogP contribution in [0.3, 0.4) is 0 Å². The van der Waals surface area contributed by atoms with E-state index in [2.05, 4.69) is 21.0 Å². The van der Waals surface area contributed by atoms with Crippen molar-refractivity contribution in [1.82, 2.24) is 25.7 Å². The number of carbonyl (C=O) groups is 1. The Morgan fingerprint density at radius 3 is 2.89 bits per heavy atom. The third-order valence-corrected chi connectivity index (χ3v) is 3.19. The summed E-state index contributed by atoms with van der Waals surface area (Å²) in [4.78, 5) is 16.6. The third-order valence-electron chi connectivity index (χ3n) is 2.18. The lowest BCUT2D eigenvalue weighted by molar-refractivity contribution is -0.131. The van der Waals surface area contributed by atoms with Crippen LogP contribution >= 0.6 is 11.8 Å². The fraction of sp³-hybridized carbons (Fsp3) is 0.273. The Morgan fingerprint density at radius 2 is 2.21 bits per heavy atom. The minimum atomic E-state index is -0.232. The molecule has 1 heterocycles. The van der Waals surface area contributed by atoms with Crippen LogP contribution in [0.1, 0.15) is 5.56 Å². The molecule has 8 heteroatoms. The van der Waals surface area contributed by atoms with Crippen LogP contribution in [0, 0.1) is 0 Å². The molecule has 0 aliphatic heterocycles. The number of tetrazole rings is 1. The largest absolute Gasteiger partial charge is 0.272 e. The first-order valence-electron chi connectivity index (χ1n) is 5.55. The van der Waals surface area contributed by atoms with E-state index >= 15 is 0 Å². The molecular formula is C11H13N5O2S. The van der Waals surface area contributed by atoms with Crippen LogP contribution in [0.5, 0.6) is 0 Å². The van der Waals surface area contributed by atoms with Gasteiger partial charge in [0.05, 0.1) is 12.4 Å². The quantitative estimate of drug-likeness (QED) is 0.614. The molecule has 0 saturated carbocycles. The Balaban J connectivity index is 1.66. The number of thioether (sulfide) groups is 1. The summed E-state index contributed by atoms with van der Waals surface area (Å²) in [6.07, 6.45) is 0. The molecule has 0 unspecified atom stereocenters. The minimum Gasteiger partial charge on any atom is -0.272 e. The Bertz CT molecular complexity index is 531. The van der Waals surface area contributed by atoms with Gasteiger partial charge in [-0.05, 0) is 16.0 Å². The third kappa shape index (κ3) is 4.34. The molecule has 0 fully saturated rings. The van der Waals surface area contributed by atoms with Crippen LogP contribution in [-0.4, -0.2) is 31.9 Å². The van der Waals surface area contributed by atoms with Crippen molar-refractivity contribution in [2.75, 3.05) is 5.75 Å². The summed E-state index contributed by atoms with van der Waals surface area (Å²) in [5.41, 5.74) is 3.37. The SMILES string of the molecule is Cn1nnnc1SCC(=O)NOCc1ccccc1. The van der Waals surface area contributed by atoms with E-state index in [1.165, 1.54) is 16.4 Å². The molecule has 0 spiro atoms. The first-order valence-corrected chi connectivity index (χ1v) is 6.54. The summed E-state index contributed by atoms with van der Waals surface area (Å²) in [6.45, 7) is 0.336. The molecule has 19 heavy (non-hydrogen) atoms. The number of amides is 1. The summed E-state index contributed by atoms with van der Waals surface area (Å²) in [6, 6.07) is 9.60. The lowest BCUT2D eigenvalue weighted by Crippen LogP contribution is -2.25.